The van der Waals surface area contributed by atoms with E-state index in [4.69, 9.17) is 9.84 Å². The van der Waals surface area contributed by atoms with E-state index in [0.29, 0.717) is 11.1 Å². The average molecular weight is 444 g/mol. The molecule has 0 aliphatic heterocycles. The van der Waals surface area contributed by atoms with E-state index in [-0.39, 0.29) is 16.6 Å². The Bertz CT molecular complexity index is 1070. The van der Waals surface area contributed by atoms with E-state index < -0.39 is 28.0 Å². The van der Waals surface area contributed by atoms with Crippen molar-refractivity contribution in [3.05, 3.63) is 71.3 Å². The first-order chi connectivity index (χ1) is 14.8. The number of carboxylic acids is 1. The molecule has 8 heteroatoms. The highest BCUT2D eigenvalue weighted by molar-refractivity contribution is 7.89. The van der Waals surface area contributed by atoms with Crippen molar-refractivity contribution >= 4 is 28.0 Å². The minimum atomic E-state index is -4.09. The molecular weight excluding hydrogens is 418 g/mol. The van der Waals surface area contributed by atoms with Crippen LogP contribution in [0.1, 0.15) is 49.8 Å². The molecule has 0 radical (unpaired) electrons. The molecule has 0 heterocycles. The van der Waals surface area contributed by atoms with Gasteiger partial charge in [-0.3, -0.25) is 0 Å². The summed E-state index contributed by atoms with van der Waals surface area (Å²) in [7, 11) is -4.09. The summed E-state index contributed by atoms with van der Waals surface area (Å²) in [5.74, 6) is -1.73. The van der Waals surface area contributed by atoms with Gasteiger partial charge in [0.15, 0.2) is 0 Å². The number of hydrogen-bond donors (Lipinski definition) is 2. The zero-order chi connectivity index (χ0) is 22.4. The van der Waals surface area contributed by atoms with Gasteiger partial charge in [0.2, 0.25) is 10.0 Å². The summed E-state index contributed by atoms with van der Waals surface area (Å²) < 4.78 is 34.2. The van der Waals surface area contributed by atoms with Gasteiger partial charge in [-0.1, -0.05) is 42.5 Å². The first-order valence-corrected chi connectivity index (χ1v) is 11.5. The molecule has 164 valence electrons. The predicted molar refractivity (Wildman–Crippen MR) is 116 cm³/mol. The lowest BCUT2D eigenvalue weighted by atomic mass is 10.1. The van der Waals surface area contributed by atoms with Crippen LogP contribution in [-0.4, -0.2) is 31.6 Å². The predicted octanol–water partition coefficient (Wildman–Crippen LogP) is 3.68. The Balaban J connectivity index is 1.88. The monoisotopic (exact) mass is 443 g/mol. The van der Waals surface area contributed by atoms with Gasteiger partial charge in [-0.15, -0.1) is 0 Å². The molecule has 0 unspecified atom stereocenters. The highest BCUT2D eigenvalue weighted by Crippen LogP contribution is 2.25. The van der Waals surface area contributed by atoms with Gasteiger partial charge in [-0.2, -0.15) is 4.72 Å². The van der Waals surface area contributed by atoms with Crippen LogP contribution in [0.2, 0.25) is 0 Å². The molecule has 0 aromatic heterocycles. The number of aliphatic carboxylic acids is 1. The number of esters is 1. The third kappa shape index (κ3) is 6.02. The van der Waals surface area contributed by atoms with Crippen LogP contribution in [0, 0.1) is 0 Å². The van der Waals surface area contributed by atoms with Gasteiger partial charge in [0.05, 0.1) is 4.90 Å². The number of sulfonamides is 1. The van der Waals surface area contributed by atoms with Crippen molar-refractivity contribution in [2.45, 2.75) is 49.6 Å². The van der Waals surface area contributed by atoms with Gasteiger partial charge < -0.3 is 9.84 Å². The van der Waals surface area contributed by atoms with Crippen molar-refractivity contribution in [3.8, 4) is 0 Å². The van der Waals surface area contributed by atoms with Crippen molar-refractivity contribution in [1.29, 1.82) is 0 Å². The Morgan fingerprint density at radius 1 is 1.10 bits per heavy atom. The standard InChI is InChI=1S/C23H25NO6S/c1-16(22(25)26)14-17-8-7-13-20(15-17)31(28,29)24-21(18-9-3-2-4-10-18)23(27)30-19-11-5-6-12-19/h2-4,7-10,13-15,19,21,24H,5-6,11-12H2,1H3,(H,25,26)/t21-/m0/s1. The fourth-order valence-electron chi connectivity index (χ4n) is 3.44. The molecule has 1 atom stereocenters. The van der Waals surface area contributed by atoms with Crippen molar-refractivity contribution in [1.82, 2.24) is 4.72 Å². The second-order valence-corrected chi connectivity index (χ2v) is 9.23. The number of carbonyl (C=O) groups is 2. The van der Waals surface area contributed by atoms with E-state index in [9.17, 15) is 18.0 Å². The van der Waals surface area contributed by atoms with Gasteiger partial charge in [-0.25, -0.2) is 18.0 Å². The lowest BCUT2D eigenvalue weighted by Crippen LogP contribution is -2.36. The molecule has 0 amide bonds. The quantitative estimate of drug-likeness (QED) is 0.476. The number of ether oxygens (including phenoxy) is 1. The van der Waals surface area contributed by atoms with E-state index in [2.05, 4.69) is 4.72 Å². The number of benzene rings is 2. The molecule has 0 saturated heterocycles. The summed E-state index contributed by atoms with van der Waals surface area (Å²) >= 11 is 0. The molecule has 2 aromatic rings. The van der Waals surface area contributed by atoms with Crippen LogP contribution >= 0.6 is 0 Å². The second-order valence-electron chi connectivity index (χ2n) is 7.51. The van der Waals surface area contributed by atoms with Crippen LogP contribution in [0.5, 0.6) is 0 Å². The van der Waals surface area contributed by atoms with Gasteiger partial charge >= 0.3 is 11.9 Å². The fraction of sp³-hybridized carbons (Fsp3) is 0.304. The molecule has 31 heavy (non-hydrogen) atoms. The third-order valence-corrected chi connectivity index (χ3v) is 6.54. The van der Waals surface area contributed by atoms with Gasteiger partial charge in [-0.05, 0) is 61.9 Å². The van der Waals surface area contributed by atoms with E-state index in [0.717, 1.165) is 25.7 Å². The van der Waals surface area contributed by atoms with Gasteiger partial charge in [0, 0.05) is 5.57 Å². The van der Waals surface area contributed by atoms with E-state index >= 15 is 0 Å². The first kappa shape index (κ1) is 22.7. The van der Waals surface area contributed by atoms with Crippen LogP contribution in [0.15, 0.2) is 65.1 Å². The van der Waals surface area contributed by atoms with Gasteiger partial charge in [0.25, 0.3) is 0 Å². The molecule has 2 N–H and O–H groups in total. The first-order valence-electron chi connectivity index (χ1n) is 10.1. The van der Waals surface area contributed by atoms with Crippen LogP contribution in [0.3, 0.4) is 0 Å². The number of nitrogens with one attached hydrogen (secondary N) is 1. The zero-order valence-corrected chi connectivity index (χ0v) is 18.0. The highest BCUT2D eigenvalue weighted by Gasteiger charge is 2.31. The normalized spacial score (nSPS) is 16.1. The average Bonchev–Trinajstić information content (AvgIpc) is 3.25. The summed E-state index contributed by atoms with van der Waals surface area (Å²) in [6, 6.07) is 13.2. The smallest absolute Gasteiger partial charge is 0.331 e. The Morgan fingerprint density at radius 3 is 2.42 bits per heavy atom. The molecule has 3 rings (SSSR count). The Morgan fingerprint density at radius 2 is 1.77 bits per heavy atom. The van der Waals surface area contributed by atoms with Crippen molar-refractivity contribution in [3.63, 3.8) is 0 Å². The van der Waals surface area contributed by atoms with E-state index in [1.165, 1.54) is 31.2 Å². The lowest BCUT2D eigenvalue weighted by molar-refractivity contribution is -0.151. The summed E-state index contributed by atoms with van der Waals surface area (Å²) in [4.78, 5) is 23.9. The molecule has 1 saturated carbocycles. The number of hydrogen-bond acceptors (Lipinski definition) is 5. The molecular formula is C23H25NO6S. The third-order valence-electron chi connectivity index (χ3n) is 5.12. The number of carbonyl (C=O) groups excluding carboxylic acids is 1. The van der Waals surface area contributed by atoms with Crippen LogP contribution < -0.4 is 4.72 Å². The Kier molecular flexibility index (Phi) is 7.25. The Labute approximate surface area is 181 Å². The number of carboxylic acid groups (broad SMARTS) is 1. The molecule has 0 bridgehead atoms. The summed E-state index contributed by atoms with van der Waals surface area (Å²) in [6.45, 7) is 1.42. The summed E-state index contributed by atoms with van der Waals surface area (Å²) in [6.07, 6.45) is 4.69. The SMILES string of the molecule is CC(=Cc1cccc(S(=O)(=O)N[C@H](C(=O)OC2CCCC2)c2ccccc2)c1)C(=O)O. The van der Waals surface area contributed by atoms with Crippen molar-refractivity contribution < 1.29 is 27.9 Å². The lowest BCUT2D eigenvalue weighted by Gasteiger charge is -2.20. The Hall–Kier alpha value is -2.97. The summed E-state index contributed by atoms with van der Waals surface area (Å²) in [5.41, 5.74) is 0.976. The van der Waals surface area contributed by atoms with Crippen LogP contribution in [0.4, 0.5) is 0 Å². The van der Waals surface area contributed by atoms with Crippen molar-refractivity contribution in [2.24, 2.45) is 0 Å². The number of rotatable bonds is 8. The van der Waals surface area contributed by atoms with Crippen LogP contribution in [0.25, 0.3) is 6.08 Å². The van der Waals surface area contributed by atoms with Crippen molar-refractivity contribution in [2.75, 3.05) is 0 Å². The molecule has 1 aliphatic carbocycles. The topological polar surface area (TPSA) is 110 Å². The fourth-order valence-corrected chi connectivity index (χ4v) is 4.67. The van der Waals surface area contributed by atoms with Gasteiger partial charge in [0.1, 0.15) is 12.1 Å². The molecule has 1 fully saturated rings. The maximum atomic E-state index is 13.1. The maximum absolute atomic E-state index is 13.1. The highest BCUT2D eigenvalue weighted by atomic mass is 32.2. The second kappa shape index (κ2) is 9.89. The zero-order valence-electron chi connectivity index (χ0n) is 17.2. The molecule has 0 spiro atoms. The molecule has 1 aliphatic rings. The van der Waals surface area contributed by atoms with E-state index in [1.54, 1.807) is 36.4 Å². The minimum Gasteiger partial charge on any atom is -0.478 e. The minimum absolute atomic E-state index is 0.0739. The molecule has 2 aromatic carbocycles. The van der Waals surface area contributed by atoms with E-state index in [1.807, 2.05) is 0 Å². The summed E-state index contributed by atoms with van der Waals surface area (Å²) in [5, 5.41) is 9.05. The largest absolute Gasteiger partial charge is 0.478 e. The maximum Gasteiger partial charge on any atom is 0.331 e. The molecule has 7 nitrogen and oxygen atoms in total. The van der Waals surface area contributed by atoms with Crippen LogP contribution in [-0.2, 0) is 24.3 Å².